The molecular weight excluding hydrogens is 577 g/mol. The van der Waals surface area contributed by atoms with Crippen LogP contribution in [0.2, 0.25) is 0 Å². The Morgan fingerprint density at radius 3 is 2.57 bits per heavy atom. The fourth-order valence-electron chi connectivity index (χ4n) is 9.78. The highest BCUT2D eigenvalue weighted by Gasteiger charge is 2.78. The number of ether oxygens (including phenoxy) is 1. The van der Waals surface area contributed by atoms with E-state index in [1.54, 1.807) is 26.0 Å². The van der Waals surface area contributed by atoms with Crippen molar-refractivity contribution in [3.05, 3.63) is 53.1 Å². The van der Waals surface area contributed by atoms with Crippen molar-refractivity contribution in [3.63, 3.8) is 0 Å². The first-order chi connectivity index (χ1) is 20.7. The number of thioether (sulfide) groups is 1. The Labute approximate surface area is 263 Å². The third kappa shape index (κ3) is 3.92. The maximum atomic E-state index is 14.0. The highest BCUT2D eigenvalue weighted by Crippen LogP contribution is 2.77. The number of rotatable bonds is 5. The van der Waals surface area contributed by atoms with Crippen LogP contribution in [0.1, 0.15) is 84.9 Å². The minimum Gasteiger partial charge on any atom is -0.449 e. The quantitative estimate of drug-likeness (QED) is 0.373. The summed E-state index contributed by atoms with van der Waals surface area (Å²) in [4.78, 5) is 27.2. The van der Waals surface area contributed by atoms with Gasteiger partial charge in [0.05, 0.1) is 41.4 Å². The van der Waals surface area contributed by atoms with Crippen LogP contribution in [0.25, 0.3) is 11.8 Å². The topological polar surface area (TPSA) is 105 Å². The van der Waals surface area contributed by atoms with Crippen LogP contribution in [0.15, 0.2) is 36.0 Å². The Hall–Kier alpha value is -2.96. The van der Waals surface area contributed by atoms with Crippen molar-refractivity contribution in [3.8, 4) is 11.8 Å². The van der Waals surface area contributed by atoms with Crippen molar-refractivity contribution in [2.45, 2.75) is 91.8 Å². The summed E-state index contributed by atoms with van der Waals surface area (Å²) >= 11 is 0.922. The second kappa shape index (κ2) is 10.3. The number of fused-ring (bicyclic) bond motifs is 6. The maximum absolute atomic E-state index is 14.0. The van der Waals surface area contributed by atoms with Gasteiger partial charge in [-0.15, -0.1) is 0 Å². The maximum Gasteiger partial charge on any atom is 0.309 e. The molecule has 1 N–H and O–H groups in total. The summed E-state index contributed by atoms with van der Waals surface area (Å²) in [5.41, 5.74) is 0.606. The number of esters is 1. The predicted octanol–water partition coefficient (Wildman–Crippen LogP) is 6.67. The average molecular weight is 620 g/mol. The molecule has 44 heavy (non-hydrogen) atoms. The van der Waals surface area contributed by atoms with E-state index in [0.717, 1.165) is 41.5 Å². The summed E-state index contributed by atoms with van der Waals surface area (Å²) < 4.78 is 21.8. The molecule has 4 aliphatic carbocycles. The Morgan fingerprint density at radius 1 is 1.20 bits per heavy atom. The highest BCUT2D eigenvalue weighted by molar-refractivity contribution is 8.14. The van der Waals surface area contributed by atoms with Gasteiger partial charge in [-0.3, -0.25) is 9.59 Å². The van der Waals surface area contributed by atoms with Crippen LogP contribution in [-0.2, 0) is 20.7 Å². The number of carbonyl (C=O) groups is 2. The van der Waals surface area contributed by atoms with Crippen molar-refractivity contribution >= 4 is 28.9 Å². The Bertz CT molecular complexity index is 1600. The van der Waals surface area contributed by atoms with Gasteiger partial charge < -0.3 is 9.84 Å². The van der Waals surface area contributed by atoms with E-state index in [2.05, 4.69) is 32.9 Å². The van der Waals surface area contributed by atoms with E-state index in [9.17, 15) is 24.3 Å². The van der Waals surface area contributed by atoms with Gasteiger partial charge in [0.15, 0.2) is 5.60 Å². The number of allylic oxidation sites excluding steroid dienone is 1. The van der Waals surface area contributed by atoms with E-state index < -0.39 is 39.8 Å². The Morgan fingerprint density at radius 2 is 1.91 bits per heavy atom. The van der Waals surface area contributed by atoms with E-state index >= 15 is 0 Å². The molecule has 234 valence electrons. The van der Waals surface area contributed by atoms with Gasteiger partial charge in [-0.1, -0.05) is 58.9 Å². The lowest BCUT2D eigenvalue weighted by atomic mass is 9.35. The van der Waals surface area contributed by atoms with Gasteiger partial charge in [-0.2, -0.15) is 10.4 Å². The summed E-state index contributed by atoms with van der Waals surface area (Å²) in [5.74, 6) is -1.10. The lowest BCUT2D eigenvalue weighted by Gasteiger charge is -2.70. The van der Waals surface area contributed by atoms with Crippen molar-refractivity contribution in [1.82, 2.24) is 9.78 Å². The first-order valence-corrected chi connectivity index (χ1v) is 16.7. The standard InChI is InChI=1S/C35H42FN3O4S/c1-21(2)29(41)43-35(30(42)44-16-15-37)14-13-31(3)27-12-7-23-17-26-22(20-38-39(26)25-10-8-24(36)9-11-25)18-32(23,4)34(27,6)28(40)19-33(31,35)5/h8-11,17,20-21,27-28,40H,7,12-14,16,18-19H2,1-6H3/t27?,28-,31-,32?,33?,34+,35?/m0/s1. The summed E-state index contributed by atoms with van der Waals surface area (Å²) in [7, 11) is 0. The number of hydrogen-bond acceptors (Lipinski definition) is 7. The molecule has 3 fully saturated rings. The molecule has 0 bridgehead atoms. The van der Waals surface area contributed by atoms with Crippen LogP contribution < -0.4 is 0 Å². The number of aliphatic hydroxyl groups excluding tert-OH is 1. The zero-order valence-corrected chi connectivity index (χ0v) is 27.3. The molecule has 1 aromatic heterocycles. The first kappa shape index (κ1) is 31.0. The largest absolute Gasteiger partial charge is 0.449 e. The van der Waals surface area contributed by atoms with Gasteiger partial charge in [-0.25, -0.2) is 9.07 Å². The van der Waals surface area contributed by atoms with E-state index in [1.807, 2.05) is 17.8 Å². The van der Waals surface area contributed by atoms with Crippen LogP contribution in [0.4, 0.5) is 4.39 Å². The Balaban J connectivity index is 1.42. The molecule has 0 spiro atoms. The van der Waals surface area contributed by atoms with Crippen LogP contribution in [0.5, 0.6) is 0 Å². The second-order valence-electron chi connectivity index (χ2n) is 14.6. The SMILES string of the molecule is CC(C)C(=O)OC1(C(=O)SCC#N)CC[C@@]2(C)C3CCC4=Cc5c(cnn5-c5ccc(F)cc5)CC4(C)[C@@]3(C)[C@@H](O)CC12C. The zero-order valence-electron chi connectivity index (χ0n) is 26.4. The number of nitriles is 1. The molecule has 6 rings (SSSR count). The molecule has 7 nitrogen and oxygen atoms in total. The lowest BCUT2D eigenvalue weighted by molar-refractivity contribution is -0.246. The van der Waals surface area contributed by atoms with Gasteiger partial charge in [-0.05, 0) is 85.8 Å². The molecule has 0 radical (unpaired) electrons. The van der Waals surface area contributed by atoms with Crippen LogP contribution in [0, 0.1) is 50.6 Å². The monoisotopic (exact) mass is 619 g/mol. The zero-order chi connectivity index (χ0) is 31.9. The molecule has 3 saturated carbocycles. The second-order valence-corrected chi connectivity index (χ2v) is 15.6. The highest BCUT2D eigenvalue weighted by atomic mass is 32.2. The van der Waals surface area contributed by atoms with Crippen LogP contribution >= 0.6 is 11.8 Å². The van der Waals surface area contributed by atoms with E-state index in [1.165, 1.54) is 17.7 Å². The lowest BCUT2D eigenvalue weighted by Crippen LogP contribution is -2.70. The Kier molecular flexibility index (Phi) is 7.25. The molecule has 0 aliphatic heterocycles. The van der Waals surface area contributed by atoms with Crippen molar-refractivity contribution in [2.24, 2.45) is 33.5 Å². The summed E-state index contributed by atoms with van der Waals surface area (Å²) in [6.07, 6.45) is 7.09. The number of carbonyl (C=O) groups excluding carboxylic acids is 2. The average Bonchev–Trinajstić information content (AvgIpc) is 3.48. The molecule has 2 aromatic rings. The van der Waals surface area contributed by atoms with Crippen molar-refractivity contribution in [1.29, 1.82) is 5.26 Å². The van der Waals surface area contributed by atoms with Crippen molar-refractivity contribution in [2.75, 3.05) is 5.75 Å². The summed E-state index contributed by atoms with van der Waals surface area (Å²) in [6, 6.07) is 8.39. The molecule has 4 unspecified atom stereocenters. The van der Waals surface area contributed by atoms with Gasteiger partial charge >= 0.3 is 5.97 Å². The smallest absolute Gasteiger partial charge is 0.309 e. The summed E-state index contributed by atoms with van der Waals surface area (Å²) in [6.45, 7) is 12.3. The molecule has 7 atom stereocenters. The van der Waals surface area contributed by atoms with Crippen LogP contribution in [-0.4, -0.2) is 43.4 Å². The van der Waals surface area contributed by atoms with E-state index in [0.29, 0.717) is 25.7 Å². The number of aromatic nitrogens is 2. The number of nitrogens with zero attached hydrogens (tertiary/aromatic N) is 3. The van der Waals surface area contributed by atoms with E-state index in [4.69, 9.17) is 9.84 Å². The van der Waals surface area contributed by atoms with Gasteiger partial charge in [0.1, 0.15) is 5.82 Å². The fraction of sp³-hybridized carbons (Fsp3) is 0.600. The minimum atomic E-state index is -1.42. The molecule has 0 amide bonds. The van der Waals surface area contributed by atoms with Gasteiger partial charge in [0.25, 0.3) is 0 Å². The molecule has 1 aromatic carbocycles. The minimum absolute atomic E-state index is 0.0174. The van der Waals surface area contributed by atoms with Crippen molar-refractivity contribution < 1.29 is 23.8 Å². The molecule has 1 heterocycles. The van der Waals surface area contributed by atoms with Gasteiger partial charge in [0, 0.05) is 16.2 Å². The number of benzene rings is 1. The molecule has 0 saturated heterocycles. The third-order valence-electron chi connectivity index (χ3n) is 12.7. The molecule has 9 heteroatoms. The molecular formula is C35H42FN3O4S. The summed E-state index contributed by atoms with van der Waals surface area (Å²) in [5, 5.41) is 26.1. The number of aliphatic hydroxyl groups is 1. The number of hydrogen-bond donors (Lipinski definition) is 1. The van der Waals surface area contributed by atoms with Crippen LogP contribution in [0.3, 0.4) is 0 Å². The first-order valence-electron chi connectivity index (χ1n) is 15.7. The van der Waals surface area contributed by atoms with Gasteiger partial charge in [0.2, 0.25) is 5.12 Å². The fourth-order valence-corrected chi connectivity index (χ4v) is 10.6. The van der Waals surface area contributed by atoms with E-state index in [-0.39, 0.29) is 28.0 Å². The number of halogens is 1. The third-order valence-corrected chi connectivity index (χ3v) is 13.6. The normalized spacial score (nSPS) is 37.2. The molecule has 4 aliphatic rings. The predicted molar refractivity (Wildman–Crippen MR) is 167 cm³/mol.